The fourth-order valence-electron chi connectivity index (χ4n) is 3.95. The van der Waals surface area contributed by atoms with Crippen LogP contribution in [0.15, 0.2) is 29.3 Å². The third kappa shape index (κ3) is 6.47. The number of ether oxygens (including phenoxy) is 1. The second kappa shape index (κ2) is 10.2. The van der Waals surface area contributed by atoms with Gasteiger partial charge in [0.2, 0.25) is 0 Å². The fourth-order valence-corrected chi connectivity index (χ4v) is 3.95. The molecule has 0 amide bonds. The van der Waals surface area contributed by atoms with E-state index in [0.717, 1.165) is 45.0 Å². The molecular formula is C22H36N4O2. The average Bonchev–Trinajstić information content (AvgIpc) is 2.69. The summed E-state index contributed by atoms with van der Waals surface area (Å²) in [7, 11) is 0. The first-order valence-electron chi connectivity index (χ1n) is 10.7. The molecule has 6 nitrogen and oxygen atoms in total. The Bertz CT molecular complexity index is 635. The molecule has 6 heteroatoms. The van der Waals surface area contributed by atoms with Gasteiger partial charge in [-0.1, -0.05) is 29.8 Å². The van der Waals surface area contributed by atoms with E-state index in [9.17, 15) is 5.11 Å². The molecule has 1 aromatic carbocycles. The predicted octanol–water partition coefficient (Wildman–Crippen LogP) is 2.06. The summed E-state index contributed by atoms with van der Waals surface area (Å²) >= 11 is 0. The number of benzene rings is 1. The van der Waals surface area contributed by atoms with Gasteiger partial charge in [-0.2, -0.15) is 0 Å². The Balaban J connectivity index is 1.47. The van der Waals surface area contributed by atoms with Crippen molar-refractivity contribution in [2.45, 2.75) is 57.7 Å². The third-order valence-corrected chi connectivity index (χ3v) is 5.72. The Morgan fingerprint density at radius 3 is 2.71 bits per heavy atom. The molecule has 2 aliphatic heterocycles. The van der Waals surface area contributed by atoms with E-state index in [2.05, 4.69) is 58.6 Å². The number of likely N-dealkylation sites (tertiary alicyclic amines) is 1. The van der Waals surface area contributed by atoms with Crippen molar-refractivity contribution in [2.75, 3.05) is 39.4 Å². The van der Waals surface area contributed by atoms with Gasteiger partial charge in [-0.25, -0.2) is 0 Å². The number of guanidine groups is 1. The van der Waals surface area contributed by atoms with Crippen molar-refractivity contribution in [1.82, 2.24) is 15.5 Å². The maximum Gasteiger partial charge on any atom is 0.191 e. The van der Waals surface area contributed by atoms with Gasteiger partial charge < -0.3 is 20.5 Å². The molecule has 2 heterocycles. The minimum Gasteiger partial charge on any atom is -0.388 e. The molecule has 0 unspecified atom stereocenters. The van der Waals surface area contributed by atoms with Gasteiger partial charge in [-0.15, -0.1) is 0 Å². The zero-order valence-electron chi connectivity index (χ0n) is 17.4. The lowest BCUT2D eigenvalue weighted by Crippen LogP contribution is -2.49. The zero-order chi connectivity index (χ0) is 19.8. The summed E-state index contributed by atoms with van der Waals surface area (Å²) in [6, 6.07) is 9.22. The number of nitrogens with zero attached hydrogens (tertiary/aromatic N) is 2. The van der Waals surface area contributed by atoms with Gasteiger partial charge in [0.15, 0.2) is 5.96 Å². The largest absolute Gasteiger partial charge is 0.388 e. The Kier molecular flexibility index (Phi) is 7.71. The number of piperidine rings is 1. The molecule has 0 saturated carbocycles. The molecule has 0 spiro atoms. The quantitative estimate of drug-likeness (QED) is 0.514. The summed E-state index contributed by atoms with van der Waals surface area (Å²) in [5.41, 5.74) is 2.00. The molecule has 0 aromatic heterocycles. The first kappa shape index (κ1) is 21.1. The van der Waals surface area contributed by atoms with Gasteiger partial charge in [0.25, 0.3) is 0 Å². The lowest BCUT2D eigenvalue weighted by Gasteiger charge is -2.34. The second-order valence-corrected chi connectivity index (χ2v) is 8.22. The lowest BCUT2D eigenvalue weighted by molar-refractivity contribution is -0.0566. The average molecular weight is 389 g/mol. The van der Waals surface area contributed by atoms with Crippen molar-refractivity contribution < 1.29 is 9.84 Å². The lowest BCUT2D eigenvalue weighted by atomic mass is 9.95. The van der Waals surface area contributed by atoms with E-state index in [1.807, 2.05) is 0 Å². The molecule has 1 aromatic rings. The minimum absolute atomic E-state index is 0.427. The van der Waals surface area contributed by atoms with Crippen molar-refractivity contribution in [2.24, 2.45) is 4.99 Å². The predicted molar refractivity (Wildman–Crippen MR) is 114 cm³/mol. The highest BCUT2D eigenvalue weighted by Crippen LogP contribution is 2.20. The van der Waals surface area contributed by atoms with Crippen molar-refractivity contribution in [3.8, 4) is 0 Å². The van der Waals surface area contributed by atoms with E-state index in [-0.39, 0.29) is 0 Å². The Morgan fingerprint density at radius 2 is 2.04 bits per heavy atom. The number of aliphatic imine (C=N–C) groups is 1. The maximum absolute atomic E-state index is 10.6. The standard InChI is InChI=1S/C22H36N4O2/c1-3-23-21(24-17-22(27)9-13-28-14-10-22)25-20-7-11-26(12-8-20)16-19-6-4-5-18(2)15-19/h4-6,15,20,27H,3,7-14,16-17H2,1-2H3,(H2,23,24,25). The number of hydrogen-bond donors (Lipinski definition) is 3. The molecule has 156 valence electrons. The SMILES string of the molecule is CCNC(=NCC1(O)CCOCC1)NC1CCN(Cc2cccc(C)c2)CC1. The van der Waals surface area contributed by atoms with Crippen LogP contribution in [0.3, 0.4) is 0 Å². The van der Waals surface area contributed by atoms with Crippen LogP contribution in [0.5, 0.6) is 0 Å². The van der Waals surface area contributed by atoms with Crippen molar-refractivity contribution in [3.63, 3.8) is 0 Å². The smallest absolute Gasteiger partial charge is 0.191 e. The molecule has 0 aliphatic carbocycles. The molecule has 0 atom stereocenters. The van der Waals surface area contributed by atoms with Crippen LogP contribution in [0.4, 0.5) is 0 Å². The van der Waals surface area contributed by atoms with Crippen molar-refractivity contribution in [1.29, 1.82) is 0 Å². The molecule has 2 fully saturated rings. The highest BCUT2D eigenvalue weighted by atomic mass is 16.5. The van der Waals surface area contributed by atoms with Crippen LogP contribution in [-0.4, -0.2) is 67.0 Å². The van der Waals surface area contributed by atoms with Gasteiger partial charge in [0.05, 0.1) is 12.1 Å². The summed E-state index contributed by atoms with van der Waals surface area (Å²) in [5, 5.41) is 17.5. The van der Waals surface area contributed by atoms with E-state index < -0.39 is 5.60 Å². The number of aryl methyl sites for hydroxylation is 1. The summed E-state index contributed by atoms with van der Waals surface area (Å²) in [4.78, 5) is 7.20. The Hall–Kier alpha value is -1.63. The van der Waals surface area contributed by atoms with Crippen molar-refractivity contribution in [3.05, 3.63) is 35.4 Å². The molecule has 3 N–H and O–H groups in total. The van der Waals surface area contributed by atoms with Gasteiger partial charge >= 0.3 is 0 Å². The van der Waals surface area contributed by atoms with Crippen LogP contribution < -0.4 is 10.6 Å². The number of nitrogens with one attached hydrogen (secondary N) is 2. The molecule has 2 saturated heterocycles. The summed E-state index contributed by atoms with van der Waals surface area (Å²) in [6.45, 7) is 9.92. The molecule has 3 rings (SSSR count). The topological polar surface area (TPSA) is 69.1 Å². The molecule has 28 heavy (non-hydrogen) atoms. The Morgan fingerprint density at radius 1 is 1.29 bits per heavy atom. The molecule has 0 radical (unpaired) electrons. The van der Waals surface area contributed by atoms with Crippen LogP contribution in [0.1, 0.15) is 43.7 Å². The number of aliphatic hydroxyl groups is 1. The first-order chi connectivity index (χ1) is 13.6. The van der Waals surface area contributed by atoms with E-state index in [1.165, 1.54) is 11.1 Å². The number of hydrogen-bond acceptors (Lipinski definition) is 4. The van der Waals surface area contributed by atoms with Gasteiger partial charge in [0.1, 0.15) is 0 Å². The maximum atomic E-state index is 10.6. The highest BCUT2D eigenvalue weighted by molar-refractivity contribution is 5.80. The van der Waals surface area contributed by atoms with E-state index in [4.69, 9.17) is 4.74 Å². The highest BCUT2D eigenvalue weighted by Gasteiger charge is 2.29. The van der Waals surface area contributed by atoms with Crippen LogP contribution in [0, 0.1) is 6.92 Å². The second-order valence-electron chi connectivity index (χ2n) is 8.22. The van der Waals surface area contributed by atoms with Crippen LogP contribution in [0.2, 0.25) is 0 Å². The fraction of sp³-hybridized carbons (Fsp3) is 0.682. The molecule has 2 aliphatic rings. The normalized spacial score (nSPS) is 21.5. The molecule has 0 bridgehead atoms. The van der Waals surface area contributed by atoms with Gasteiger partial charge in [0, 0.05) is 58.3 Å². The minimum atomic E-state index is -0.724. The van der Waals surface area contributed by atoms with Gasteiger partial charge in [-0.05, 0) is 32.3 Å². The van der Waals surface area contributed by atoms with E-state index in [0.29, 0.717) is 38.6 Å². The summed E-state index contributed by atoms with van der Waals surface area (Å²) in [6.07, 6.45) is 3.53. The monoisotopic (exact) mass is 388 g/mol. The summed E-state index contributed by atoms with van der Waals surface area (Å²) < 4.78 is 5.36. The van der Waals surface area contributed by atoms with Crippen molar-refractivity contribution >= 4 is 5.96 Å². The number of rotatable bonds is 6. The third-order valence-electron chi connectivity index (χ3n) is 5.72. The van der Waals surface area contributed by atoms with E-state index >= 15 is 0 Å². The van der Waals surface area contributed by atoms with Crippen LogP contribution in [-0.2, 0) is 11.3 Å². The van der Waals surface area contributed by atoms with Gasteiger partial charge in [-0.3, -0.25) is 9.89 Å². The molecular weight excluding hydrogens is 352 g/mol. The summed E-state index contributed by atoms with van der Waals surface area (Å²) in [5.74, 6) is 0.819. The van der Waals surface area contributed by atoms with Crippen LogP contribution >= 0.6 is 0 Å². The Labute approximate surface area is 169 Å². The zero-order valence-corrected chi connectivity index (χ0v) is 17.4. The van der Waals surface area contributed by atoms with E-state index in [1.54, 1.807) is 0 Å². The first-order valence-corrected chi connectivity index (χ1v) is 10.7. The van der Waals surface area contributed by atoms with Crippen LogP contribution in [0.25, 0.3) is 0 Å².